The zero-order valence-corrected chi connectivity index (χ0v) is 11.7. The Hall–Kier alpha value is -1.38. The summed E-state index contributed by atoms with van der Waals surface area (Å²) in [6.07, 6.45) is 0.143. The topological polar surface area (TPSA) is 17.1 Å². The number of carbonyl (C=O) groups is 1. The summed E-state index contributed by atoms with van der Waals surface area (Å²) < 4.78 is 12.9. The Morgan fingerprint density at radius 1 is 1.11 bits per heavy atom. The number of halogens is 3. The molecule has 0 aromatic heterocycles. The first kappa shape index (κ1) is 14.0. The molecule has 2 aromatic rings. The molecule has 2 rings (SSSR count). The molecular weight excluding hydrogens is 286 g/mol. The molecule has 2 aromatic carbocycles. The van der Waals surface area contributed by atoms with Crippen LogP contribution in [0.5, 0.6) is 0 Å². The minimum absolute atomic E-state index is 0.119. The van der Waals surface area contributed by atoms with E-state index in [9.17, 15) is 9.18 Å². The lowest BCUT2D eigenvalue weighted by Crippen LogP contribution is -2.05. The van der Waals surface area contributed by atoms with Gasteiger partial charge in [0.05, 0.1) is 5.02 Å². The Morgan fingerprint density at radius 3 is 2.47 bits per heavy atom. The molecule has 0 heterocycles. The highest BCUT2D eigenvalue weighted by molar-refractivity contribution is 6.34. The highest BCUT2D eigenvalue weighted by Crippen LogP contribution is 2.23. The molecule has 0 bridgehead atoms. The predicted octanol–water partition coefficient (Wildman–Crippen LogP) is 4.87. The predicted molar refractivity (Wildman–Crippen MR) is 75.6 cm³/mol. The summed E-state index contributed by atoms with van der Waals surface area (Å²) in [5.41, 5.74) is 2.07. The van der Waals surface area contributed by atoms with Gasteiger partial charge in [0.15, 0.2) is 5.78 Å². The van der Waals surface area contributed by atoms with Gasteiger partial charge >= 0.3 is 0 Å². The van der Waals surface area contributed by atoms with Crippen LogP contribution < -0.4 is 0 Å². The molecule has 0 amide bonds. The molecule has 0 spiro atoms. The molecule has 0 unspecified atom stereocenters. The number of ketones is 1. The average molecular weight is 297 g/mol. The molecule has 0 saturated carbocycles. The lowest BCUT2D eigenvalue weighted by atomic mass is 10.0. The van der Waals surface area contributed by atoms with E-state index in [-0.39, 0.29) is 17.2 Å². The summed E-state index contributed by atoms with van der Waals surface area (Å²) in [4.78, 5) is 12.1. The number of hydrogen-bond donors (Lipinski definition) is 0. The molecule has 0 N–H and O–H groups in total. The van der Waals surface area contributed by atoms with Crippen LogP contribution in [0, 0.1) is 12.7 Å². The van der Waals surface area contributed by atoms with Gasteiger partial charge in [-0.2, -0.15) is 0 Å². The van der Waals surface area contributed by atoms with Crippen molar-refractivity contribution < 1.29 is 9.18 Å². The first-order valence-electron chi connectivity index (χ1n) is 5.70. The van der Waals surface area contributed by atoms with Gasteiger partial charge in [-0.1, -0.05) is 35.3 Å². The highest BCUT2D eigenvalue weighted by Gasteiger charge is 2.13. The quantitative estimate of drug-likeness (QED) is 0.739. The fourth-order valence-electron chi connectivity index (χ4n) is 1.78. The Labute approximate surface area is 121 Å². The minimum atomic E-state index is -0.463. The molecule has 1 nitrogen and oxygen atoms in total. The highest BCUT2D eigenvalue weighted by atomic mass is 35.5. The molecule has 4 heteroatoms. The number of benzene rings is 2. The van der Waals surface area contributed by atoms with Crippen LogP contribution in [0.4, 0.5) is 4.39 Å². The summed E-state index contributed by atoms with van der Waals surface area (Å²) in [5, 5.41) is 0.666. The zero-order chi connectivity index (χ0) is 14.0. The Balaban J connectivity index is 2.25. The fraction of sp³-hybridized carbons (Fsp3) is 0.133. The molecule has 98 valence electrons. The van der Waals surface area contributed by atoms with Crippen LogP contribution in [-0.2, 0) is 6.42 Å². The van der Waals surface area contributed by atoms with E-state index in [4.69, 9.17) is 23.2 Å². The maximum atomic E-state index is 12.9. The average Bonchev–Trinajstić information content (AvgIpc) is 2.32. The van der Waals surface area contributed by atoms with Crippen molar-refractivity contribution in [3.8, 4) is 0 Å². The van der Waals surface area contributed by atoms with Gasteiger partial charge in [-0.15, -0.1) is 0 Å². The van der Waals surface area contributed by atoms with Crippen molar-refractivity contribution in [1.82, 2.24) is 0 Å². The lowest BCUT2D eigenvalue weighted by Gasteiger charge is -2.06. The second-order valence-corrected chi connectivity index (χ2v) is 5.13. The normalized spacial score (nSPS) is 10.5. The standard InChI is InChI=1S/C15H11Cl2FO/c1-9-2-3-10(13(16)6-9)7-15(19)12-5-4-11(18)8-14(12)17/h2-6,8H,7H2,1H3. The molecule has 0 radical (unpaired) electrons. The monoisotopic (exact) mass is 296 g/mol. The summed E-state index contributed by atoms with van der Waals surface area (Å²) in [6.45, 7) is 1.92. The SMILES string of the molecule is Cc1ccc(CC(=O)c2ccc(F)cc2Cl)c(Cl)c1. The molecule has 19 heavy (non-hydrogen) atoms. The van der Waals surface area contributed by atoms with Crippen LogP contribution in [0.25, 0.3) is 0 Å². The second kappa shape index (κ2) is 5.72. The summed E-state index contributed by atoms with van der Waals surface area (Å²) in [5.74, 6) is -0.648. The maximum absolute atomic E-state index is 12.9. The molecular formula is C15H11Cl2FO. The summed E-state index contributed by atoms with van der Waals surface area (Å²) >= 11 is 11.9. The van der Waals surface area contributed by atoms with Crippen molar-refractivity contribution in [1.29, 1.82) is 0 Å². The molecule has 0 saturated heterocycles. The third-order valence-electron chi connectivity index (χ3n) is 2.79. The van der Waals surface area contributed by atoms with Crippen LogP contribution in [0.3, 0.4) is 0 Å². The van der Waals surface area contributed by atoms with Crippen molar-refractivity contribution in [3.63, 3.8) is 0 Å². The van der Waals surface area contributed by atoms with E-state index < -0.39 is 5.82 Å². The molecule has 0 aliphatic carbocycles. The maximum Gasteiger partial charge on any atom is 0.168 e. The third-order valence-corrected chi connectivity index (χ3v) is 3.46. The van der Waals surface area contributed by atoms with Gasteiger partial charge in [0.2, 0.25) is 0 Å². The number of hydrogen-bond acceptors (Lipinski definition) is 1. The van der Waals surface area contributed by atoms with Gasteiger partial charge < -0.3 is 0 Å². The Kier molecular flexibility index (Phi) is 4.23. The van der Waals surface area contributed by atoms with Gasteiger partial charge in [0.25, 0.3) is 0 Å². The summed E-state index contributed by atoms with van der Waals surface area (Å²) in [7, 11) is 0. The first-order valence-corrected chi connectivity index (χ1v) is 6.46. The van der Waals surface area contributed by atoms with Crippen LogP contribution in [0.2, 0.25) is 10.0 Å². The van der Waals surface area contributed by atoms with Gasteiger partial charge in [-0.25, -0.2) is 4.39 Å². The van der Waals surface area contributed by atoms with E-state index in [1.54, 1.807) is 6.07 Å². The van der Waals surface area contributed by atoms with Crippen molar-refractivity contribution in [2.45, 2.75) is 13.3 Å². The zero-order valence-electron chi connectivity index (χ0n) is 10.2. The van der Waals surface area contributed by atoms with Crippen LogP contribution in [0.15, 0.2) is 36.4 Å². The minimum Gasteiger partial charge on any atom is -0.294 e. The van der Waals surface area contributed by atoms with Crippen molar-refractivity contribution >= 4 is 29.0 Å². The van der Waals surface area contributed by atoms with E-state index in [1.807, 2.05) is 19.1 Å². The number of aryl methyl sites for hydroxylation is 1. The third kappa shape index (κ3) is 3.34. The summed E-state index contributed by atoms with van der Waals surface area (Å²) in [6, 6.07) is 9.24. The Bertz CT molecular complexity index is 638. The van der Waals surface area contributed by atoms with E-state index in [1.165, 1.54) is 12.1 Å². The van der Waals surface area contributed by atoms with E-state index >= 15 is 0 Å². The van der Waals surface area contributed by atoms with Gasteiger partial charge in [0.1, 0.15) is 5.82 Å². The number of Topliss-reactive ketones (excluding diaryl/α,β-unsaturated/α-hetero) is 1. The van der Waals surface area contributed by atoms with Gasteiger partial charge in [-0.3, -0.25) is 4.79 Å². The molecule has 0 fully saturated rings. The van der Waals surface area contributed by atoms with E-state index in [0.717, 1.165) is 17.2 Å². The molecule has 0 aliphatic heterocycles. The van der Waals surface area contributed by atoms with Crippen molar-refractivity contribution in [2.75, 3.05) is 0 Å². The Morgan fingerprint density at radius 2 is 1.84 bits per heavy atom. The van der Waals surface area contributed by atoms with Gasteiger partial charge in [0, 0.05) is 17.0 Å². The van der Waals surface area contributed by atoms with E-state index in [0.29, 0.717) is 10.6 Å². The van der Waals surface area contributed by atoms with E-state index in [2.05, 4.69) is 0 Å². The van der Waals surface area contributed by atoms with Crippen LogP contribution in [0.1, 0.15) is 21.5 Å². The van der Waals surface area contributed by atoms with Crippen molar-refractivity contribution in [3.05, 3.63) is 69.0 Å². The van der Waals surface area contributed by atoms with Crippen LogP contribution >= 0.6 is 23.2 Å². The van der Waals surface area contributed by atoms with Crippen molar-refractivity contribution in [2.24, 2.45) is 0 Å². The molecule has 0 aliphatic rings. The number of rotatable bonds is 3. The smallest absolute Gasteiger partial charge is 0.168 e. The lowest BCUT2D eigenvalue weighted by molar-refractivity contribution is 0.0993. The second-order valence-electron chi connectivity index (χ2n) is 4.32. The van der Waals surface area contributed by atoms with Crippen LogP contribution in [-0.4, -0.2) is 5.78 Å². The fourth-order valence-corrected chi connectivity index (χ4v) is 2.35. The first-order chi connectivity index (χ1) is 8.97. The largest absolute Gasteiger partial charge is 0.294 e. The number of carbonyl (C=O) groups excluding carboxylic acids is 1. The molecule has 0 atom stereocenters. The van der Waals surface area contributed by atoms with Gasteiger partial charge in [-0.05, 0) is 42.3 Å².